The molecule has 0 bridgehead atoms. The van der Waals surface area contributed by atoms with E-state index in [2.05, 4.69) is 41.5 Å². The molecule has 17 nitrogen and oxygen atoms in total. The number of carbonyl (C=O) groups excluding carboxylic acids is 4. The zero-order valence-corrected chi connectivity index (χ0v) is 55.3. The fourth-order valence-electron chi connectivity index (χ4n) is 9.50. The minimum atomic E-state index is -4.94. The maximum Gasteiger partial charge on any atom is 0.472 e. The lowest BCUT2D eigenvalue weighted by Crippen LogP contribution is -2.30. The van der Waals surface area contributed by atoms with Gasteiger partial charge in [-0.2, -0.15) is 0 Å². The molecule has 492 valence electrons. The van der Waals surface area contributed by atoms with Crippen LogP contribution < -0.4 is 0 Å². The van der Waals surface area contributed by atoms with Gasteiger partial charge in [-0.25, -0.2) is 9.13 Å². The summed E-state index contributed by atoms with van der Waals surface area (Å²) < 4.78 is 67.9. The maximum absolute atomic E-state index is 13.0. The number of phosphoric acid groups is 2. The van der Waals surface area contributed by atoms with Crippen LogP contribution in [0.5, 0.6) is 0 Å². The third-order valence-corrected chi connectivity index (χ3v) is 17.0. The highest BCUT2D eigenvalue weighted by atomic mass is 31.2. The monoisotopic (exact) mass is 1230 g/mol. The third-order valence-electron chi connectivity index (χ3n) is 15.1. The van der Waals surface area contributed by atoms with Crippen LogP contribution >= 0.6 is 15.6 Å². The maximum atomic E-state index is 13.0. The molecule has 0 aromatic rings. The van der Waals surface area contributed by atoms with Crippen LogP contribution in [0.25, 0.3) is 0 Å². The molecule has 3 unspecified atom stereocenters. The Labute approximate surface area is 505 Å². The summed E-state index contributed by atoms with van der Waals surface area (Å²) in [5.41, 5.74) is 0. The van der Waals surface area contributed by atoms with Gasteiger partial charge in [0.15, 0.2) is 12.2 Å². The molecule has 6 atom stereocenters. The van der Waals surface area contributed by atoms with Crippen molar-refractivity contribution in [3.8, 4) is 0 Å². The second-order valence-electron chi connectivity index (χ2n) is 23.9. The molecule has 0 saturated heterocycles. The van der Waals surface area contributed by atoms with Gasteiger partial charge in [-0.3, -0.25) is 37.3 Å². The number of rotatable bonds is 63. The zero-order valence-electron chi connectivity index (χ0n) is 53.5. The Morgan fingerprint density at radius 1 is 0.349 bits per heavy atom. The van der Waals surface area contributed by atoms with Crippen LogP contribution in [-0.4, -0.2) is 96.7 Å². The first kappa shape index (κ1) is 81.1. The minimum Gasteiger partial charge on any atom is -0.462 e. The Kier molecular flexibility index (Phi) is 55.2. The van der Waals surface area contributed by atoms with Gasteiger partial charge in [-0.1, -0.05) is 266 Å². The van der Waals surface area contributed by atoms with Crippen LogP contribution in [0.1, 0.15) is 318 Å². The fraction of sp³-hybridized carbons (Fsp3) is 0.938. The lowest BCUT2D eigenvalue weighted by molar-refractivity contribution is -0.161. The Morgan fingerprint density at radius 2 is 0.614 bits per heavy atom. The summed E-state index contributed by atoms with van der Waals surface area (Å²) >= 11 is 0. The normalized spacial score (nSPS) is 14.6. The van der Waals surface area contributed by atoms with Gasteiger partial charge in [0.2, 0.25) is 0 Å². The zero-order chi connectivity index (χ0) is 61.5. The lowest BCUT2D eigenvalue weighted by atomic mass is 9.99. The average molecular weight is 1230 g/mol. The van der Waals surface area contributed by atoms with Gasteiger partial charge in [-0.05, 0) is 37.5 Å². The van der Waals surface area contributed by atoms with E-state index < -0.39 is 97.5 Å². The van der Waals surface area contributed by atoms with Crippen molar-refractivity contribution >= 4 is 39.5 Å². The van der Waals surface area contributed by atoms with Crippen LogP contribution in [-0.2, 0) is 65.4 Å². The summed E-state index contributed by atoms with van der Waals surface area (Å²) in [4.78, 5) is 72.1. The predicted octanol–water partition coefficient (Wildman–Crippen LogP) is 17.7. The number of aliphatic hydroxyl groups is 1. The van der Waals surface area contributed by atoms with Crippen molar-refractivity contribution in [3.63, 3.8) is 0 Å². The number of hydrogen-bond donors (Lipinski definition) is 3. The van der Waals surface area contributed by atoms with E-state index in [0.29, 0.717) is 31.6 Å². The second kappa shape index (κ2) is 56.6. The molecule has 0 heterocycles. The number of hydrogen-bond acceptors (Lipinski definition) is 15. The standard InChI is InChI=1S/C64H124O17P2/c1-7-10-12-14-16-17-18-19-20-24-28-35-41-47-62(67)75-53-59(80-63(68)48-42-36-29-25-22-21-23-27-33-39-45-57(6)9-3)54-78-82(70,71)76-50-58(65)51-77-83(72,73)79-55-60(52-74-61(66)46-40-34-26-15-13-11-8-2)81-64(69)49-43-37-31-30-32-38-44-56(4)5/h56-60,65H,7-55H2,1-6H3,(H,70,71)(H,72,73)/t57?,58-,59-,60-/m1/s1. The van der Waals surface area contributed by atoms with Crippen LogP contribution in [0.4, 0.5) is 0 Å². The molecule has 0 aromatic heterocycles. The number of carbonyl (C=O) groups is 4. The van der Waals surface area contributed by atoms with E-state index in [1.165, 1.54) is 122 Å². The molecule has 0 radical (unpaired) electrons. The highest BCUT2D eigenvalue weighted by Gasteiger charge is 2.30. The van der Waals surface area contributed by atoms with Crippen molar-refractivity contribution in [3.05, 3.63) is 0 Å². The Hall–Kier alpha value is -1.94. The van der Waals surface area contributed by atoms with Crippen molar-refractivity contribution in [1.82, 2.24) is 0 Å². The molecule has 0 fully saturated rings. The summed E-state index contributed by atoms with van der Waals surface area (Å²) in [7, 11) is -9.88. The molecule has 0 saturated carbocycles. The minimum absolute atomic E-state index is 0.102. The first-order valence-electron chi connectivity index (χ1n) is 33.5. The smallest absolute Gasteiger partial charge is 0.462 e. The van der Waals surface area contributed by atoms with E-state index in [0.717, 1.165) is 109 Å². The summed E-state index contributed by atoms with van der Waals surface area (Å²) in [5, 5.41) is 10.5. The number of aliphatic hydroxyl groups excluding tert-OH is 1. The van der Waals surface area contributed by atoms with Crippen molar-refractivity contribution in [2.45, 2.75) is 336 Å². The topological polar surface area (TPSA) is 237 Å². The van der Waals surface area contributed by atoms with Gasteiger partial charge in [-0.15, -0.1) is 0 Å². The Balaban J connectivity index is 5.22. The molecular formula is C64H124O17P2. The third kappa shape index (κ3) is 57.6. The molecular weight excluding hydrogens is 1100 g/mol. The fourth-order valence-corrected chi connectivity index (χ4v) is 11.1. The van der Waals surface area contributed by atoms with Gasteiger partial charge in [0.25, 0.3) is 0 Å². The van der Waals surface area contributed by atoms with Crippen LogP contribution in [0.15, 0.2) is 0 Å². The van der Waals surface area contributed by atoms with E-state index >= 15 is 0 Å². The SMILES string of the molecule is CCCCCCCCCCCCCCCC(=O)OC[C@H](COP(=O)(O)OC[C@@H](O)COP(=O)(O)OC[C@@H](COC(=O)CCCCCCCCC)OC(=O)CCCCCCCCC(C)C)OC(=O)CCCCCCCCCCCCC(C)CC. The summed E-state index contributed by atoms with van der Waals surface area (Å²) in [6.45, 7) is 9.39. The molecule has 0 aliphatic rings. The van der Waals surface area contributed by atoms with E-state index in [1.54, 1.807) is 0 Å². The van der Waals surface area contributed by atoms with Gasteiger partial charge in [0.05, 0.1) is 26.4 Å². The summed E-state index contributed by atoms with van der Waals surface area (Å²) in [5.74, 6) is -0.668. The van der Waals surface area contributed by atoms with E-state index in [9.17, 15) is 43.2 Å². The molecule has 19 heteroatoms. The molecule has 0 spiro atoms. The molecule has 0 amide bonds. The second-order valence-corrected chi connectivity index (χ2v) is 26.8. The van der Waals surface area contributed by atoms with Crippen LogP contribution in [0, 0.1) is 11.8 Å². The van der Waals surface area contributed by atoms with Crippen molar-refractivity contribution in [1.29, 1.82) is 0 Å². The first-order chi connectivity index (χ1) is 39.9. The Morgan fingerprint density at radius 3 is 0.916 bits per heavy atom. The number of unbranched alkanes of at least 4 members (excludes halogenated alkanes) is 32. The van der Waals surface area contributed by atoms with E-state index in [-0.39, 0.29) is 25.7 Å². The lowest BCUT2D eigenvalue weighted by Gasteiger charge is -2.21. The van der Waals surface area contributed by atoms with Gasteiger partial charge < -0.3 is 33.8 Å². The largest absolute Gasteiger partial charge is 0.472 e. The quantitative estimate of drug-likeness (QED) is 0.0222. The first-order valence-corrected chi connectivity index (χ1v) is 36.5. The number of phosphoric ester groups is 2. The van der Waals surface area contributed by atoms with Crippen LogP contribution in [0.3, 0.4) is 0 Å². The average Bonchev–Trinajstić information content (AvgIpc) is 3.46. The summed E-state index contributed by atoms with van der Waals surface area (Å²) in [6.07, 6.45) is 39.1. The van der Waals surface area contributed by atoms with Crippen molar-refractivity contribution < 1.29 is 80.2 Å². The Bertz CT molecular complexity index is 1630. The number of esters is 4. The van der Waals surface area contributed by atoms with Gasteiger partial charge in [0.1, 0.15) is 19.3 Å². The highest BCUT2D eigenvalue weighted by molar-refractivity contribution is 7.47. The molecule has 83 heavy (non-hydrogen) atoms. The van der Waals surface area contributed by atoms with Gasteiger partial charge >= 0.3 is 39.5 Å². The summed E-state index contributed by atoms with van der Waals surface area (Å²) in [6, 6.07) is 0. The molecule has 3 N–H and O–H groups in total. The van der Waals surface area contributed by atoms with E-state index in [4.69, 9.17) is 37.0 Å². The predicted molar refractivity (Wildman–Crippen MR) is 331 cm³/mol. The molecule has 0 rings (SSSR count). The van der Waals surface area contributed by atoms with Gasteiger partial charge in [0, 0.05) is 25.7 Å². The number of ether oxygens (including phenoxy) is 4. The van der Waals surface area contributed by atoms with E-state index in [1.807, 2.05) is 0 Å². The molecule has 0 aliphatic carbocycles. The van der Waals surface area contributed by atoms with Crippen molar-refractivity contribution in [2.24, 2.45) is 11.8 Å². The molecule has 0 aliphatic heterocycles. The van der Waals surface area contributed by atoms with Crippen LogP contribution in [0.2, 0.25) is 0 Å². The van der Waals surface area contributed by atoms with Crippen molar-refractivity contribution in [2.75, 3.05) is 39.6 Å². The molecule has 0 aromatic carbocycles. The highest BCUT2D eigenvalue weighted by Crippen LogP contribution is 2.45.